The summed E-state index contributed by atoms with van der Waals surface area (Å²) in [6, 6.07) is 0. The first-order valence-electron chi connectivity index (χ1n) is 29.4. The predicted molar refractivity (Wildman–Crippen MR) is 378 cm³/mol. The number of alkyl halides is 3. The number of hydrogen-bond donors (Lipinski definition) is 2. The third-order valence-electron chi connectivity index (χ3n) is 18.0. The molecule has 6 rings (SSSR count). The van der Waals surface area contributed by atoms with Crippen LogP contribution in [0.1, 0.15) is 263 Å². The Morgan fingerprint density at radius 3 is 0.803 bits per heavy atom. The minimum atomic E-state index is -0.278. The first-order valence-corrected chi connectivity index (χ1v) is 46.4. The monoisotopic (exact) mass is 1670 g/mol. The molecular formula is C67H114Br2I4O2V-. The fourth-order valence-electron chi connectivity index (χ4n) is 17.0. The van der Waals surface area contributed by atoms with Gasteiger partial charge in [-0.3, -0.25) is 0 Å². The standard InChI is InChI=1S/C30H48Br2.C30H50O2.C4H9I.C3H7.3HI.V/c2*1-19(15-31)11-27(5,6)17-29(9)13-23-22(4)26-24(21(3)25(23)29)14-30(26,10)18-28(7,8)12-20(2)16-32;1-3-4(2)5;1-3-2;;;;/h19-20H,11-18H2,1-10H3;19-20,31-32H,11-18H2,1-10H3;4H,3H2,1-2H3;1,3H2,2H3;3*1H;/q;;;-1;;;;+3/p-3. The Morgan fingerprint density at radius 2 is 0.658 bits per heavy atom. The van der Waals surface area contributed by atoms with Gasteiger partial charge in [-0.2, -0.15) is 6.42 Å². The van der Waals surface area contributed by atoms with E-state index in [0.717, 1.165) is 45.7 Å². The van der Waals surface area contributed by atoms with E-state index in [1.807, 2.05) is 6.92 Å². The molecule has 0 amide bonds. The Kier molecular flexibility index (Phi) is 30.0. The van der Waals surface area contributed by atoms with Crippen molar-refractivity contribution in [3.8, 4) is 0 Å². The predicted octanol–water partition coefficient (Wildman–Crippen LogP) is 22.5. The second kappa shape index (κ2) is 30.4. The van der Waals surface area contributed by atoms with Crippen LogP contribution in [0.2, 0.25) is 0 Å². The van der Waals surface area contributed by atoms with Crippen LogP contribution in [0.4, 0.5) is 0 Å². The molecule has 0 fully saturated rings. The third-order valence-corrected chi connectivity index (χ3v) is 21.1. The summed E-state index contributed by atoms with van der Waals surface area (Å²) in [5, 5.41) is 21.3. The van der Waals surface area contributed by atoms with Gasteiger partial charge in [0.05, 0.1) is 0 Å². The average Bonchev–Trinajstić information content (AvgIpc) is 3.24. The van der Waals surface area contributed by atoms with Crippen LogP contribution >= 0.6 is 114 Å². The van der Waals surface area contributed by atoms with E-state index in [1.54, 1.807) is 66.8 Å². The van der Waals surface area contributed by atoms with E-state index < -0.39 is 0 Å². The molecule has 0 spiro atoms. The van der Waals surface area contributed by atoms with Crippen molar-refractivity contribution in [3.05, 3.63) is 73.7 Å². The third kappa shape index (κ3) is 19.9. The molecule has 0 bridgehead atoms. The van der Waals surface area contributed by atoms with Crippen LogP contribution < -0.4 is 0 Å². The van der Waals surface area contributed by atoms with E-state index in [-0.39, 0.29) is 39.8 Å². The average molecular weight is 1670 g/mol. The summed E-state index contributed by atoms with van der Waals surface area (Å²) < 4.78 is 0.854. The van der Waals surface area contributed by atoms with E-state index in [4.69, 9.17) is 0 Å². The molecule has 0 saturated carbocycles. The second-order valence-corrected chi connectivity index (χ2v) is 68.8. The molecule has 4 aliphatic carbocycles. The van der Waals surface area contributed by atoms with Crippen molar-refractivity contribution >= 4 is 114 Å². The molecule has 2 aromatic carbocycles. The Morgan fingerprint density at radius 1 is 0.487 bits per heavy atom. The molecule has 0 radical (unpaired) electrons. The normalized spacial score (nSPS) is 24.1. The second-order valence-electron chi connectivity index (χ2n) is 30.0. The van der Waals surface area contributed by atoms with Gasteiger partial charge in [-0.05, 0) is 245 Å². The molecule has 76 heavy (non-hydrogen) atoms. The summed E-state index contributed by atoms with van der Waals surface area (Å²) >= 11 is 17.2. The van der Waals surface area contributed by atoms with Crippen molar-refractivity contribution in [2.75, 3.05) is 23.9 Å². The topological polar surface area (TPSA) is 40.5 Å². The summed E-state index contributed by atoms with van der Waals surface area (Å²) in [6.07, 6.45) is 17.0. The summed E-state index contributed by atoms with van der Waals surface area (Å²) in [5.74, 6) is 2.21. The van der Waals surface area contributed by atoms with Gasteiger partial charge >= 0.3 is 64.9 Å². The zero-order valence-corrected chi connectivity index (χ0v) is 66.1. The van der Waals surface area contributed by atoms with Gasteiger partial charge in [-0.15, -0.1) is 0 Å². The number of halogens is 6. The molecule has 0 saturated heterocycles. The fraction of sp³-hybridized carbons (Fsp3) is 0.806. The van der Waals surface area contributed by atoms with Gasteiger partial charge in [0.2, 0.25) is 0 Å². The molecule has 2 aromatic rings. The van der Waals surface area contributed by atoms with Gasteiger partial charge in [-0.1, -0.05) is 186 Å². The number of aliphatic hydroxyl groups is 2. The Balaban J connectivity index is 0.000000429. The van der Waals surface area contributed by atoms with Crippen LogP contribution in [0, 0.1) is 80.0 Å². The van der Waals surface area contributed by atoms with Crippen molar-refractivity contribution < 1.29 is 15.1 Å². The SMILES string of the molecule is CCC(C)I.Cc1c2c(c(C)c3c1C(C)(CC(C)(C)CC(C)CBr)C3)C(C)(CC(C)(C)CC(C)CBr)C2.Cc1c2c(c(C)c3c1C(C)(CC(C)(C)CC(C)CO)C3)C(C)(CC(C)(C)CC(C)CO)C2.[CH2-]CC.[I][V]([I])[I]. The molecule has 0 aromatic heterocycles. The number of rotatable bonds is 21. The van der Waals surface area contributed by atoms with E-state index in [1.165, 1.54) is 70.6 Å². The van der Waals surface area contributed by atoms with Crippen molar-refractivity contribution in [1.29, 1.82) is 0 Å². The van der Waals surface area contributed by atoms with Gasteiger partial charge in [0.15, 0.2) is 0 Å². The van der Waals surface area contributed by atoms with Gasteiger partial charge in [0, 0.05) is 27.8 Å². The number of aliphatic hydroxyl groups excluding tert-OH is 2. The molecule has 4 aliphatic rings. The first-order chi connectivity index (χ1) is 34.6. The molecule has 0 heterocycles. The maximum absolute atomic E-state index is 9.56. The molecule has 2 N–H and O–H groups in total. The molecule has 2 nitrogen and oxygen atoms in total. The van der Waals surface area contributed by atoms with Gasteiger partial charge < -0.3 is 17.1 Å². The summed E-state index contributed by atoms with van der Waals surface area (Å²) in [5.41, 5.74) is 22.3. The first kappa shape index (κ1) is 74.9. The van der Waals surface area contributed by atoms with Gasteiger partial charge in [0.1, 0.15) is 0 Å². The summed E-state index contributed by atoms with van der Waals surface area (Å²) in [7, 11) is 0. The Labute approximate surface area is 540 Å². The van der Waals surface area contributed by atoms with Gasteiger partial charge in [-0.25, -0.2) is 0 Å². The van der Waals surface area contributed by atoms with E-state index >= 15 is 0 Å². The molecule has 9 heteroatoms. The molecule has 9 atom stereocenters. The van der Waals surface area contributed by atoms with E-state index in [9.17, 15) is 10.2 Å². The van der Waals surface area contributed by atoms with Crippen molar-refractivity contribution in [3.63, 3.8) is 0 Å². The Bertz CT molecular complexity index is 1860. The van der Waals surface area contributed by atoms with Crippen molar-refractivity contribution in [2.45, 2.75) is 275 Å². The summed E-state index contributed by atoms with van der Waals surface area (Å²) in [6.45, 7) is 58.8. The van der Waals surface area contributed by atoms with Crippen LogP contribution in [0.3, 0.4) is 0 Å². The van der Waals surface area contributed by atoms with Crippen LogP contribution in [0.5, 0.6) is 0 Å². The zero-order valence-electron chi connectivity index (χ0n) is 52.9. The number of hydrogen-bond acceptors (Lipinski definition) is 2. The van der Waals surface area contributed by atoms with Crippen molar-refractivity contribution in [1.82, 2.24) is 0 Å². The molecule has 0 aliphatic heterocycles. The minimum absolute atomic E-state index is 0.236. The maximum atomic E-state index is 9.56. The molecule has 442 valence electrons. The number of fused-ring (bicyclic) bond motifs is 4. The van der Waals surface area contributed by atoms with Crippen LogP contribution in [0.25, 0.3) is 0 Å². The molecule has 9 unspecified atom stereocenters. The number of benzene rings is 2. The quantitative estimate of drug-likeness (QED) is 0.0743. The fourth-order valence-corrected chi connectivity index (χ4v) is 17.5. The van der Waals surface area contributed by atoms with E-state index in [2.05, 4.69) is 274 Å². The summed E-state index contributed by atoms with van der Waals surface area (Å²) in [4.78, 5) is -0.278. The Hall–Kier alpha value is 2.82. The zero-order chi connectivity index (χ0) is 59.1. The molecular weight excluding hydrogens is 1560 g/mol. The van der Waals surface area contributed by atoms with Crippen LogP contribution in [-0.2, 0) is 52.3 Å². The van der Waals surface area contributed by atoms with Crippen LogP contribution in [0.15, 0.2) is 0 Å². The van der Waals surface area contributed by atoms with Gasteiger partial charge in [0.25, 0.3) is 0 Å². The van der Waals surface area contributed by atoms with Crippen LogP contribution in [-0.4, -0.2) is 38.0 Å². The van der Waals surface area contributed by atoms with E-state index in [0.29, 0.717) is 33.5 Å². The van der Waals surface area contributed by atoms with Crippen molar-refractivity contribution in [2.24, 2.45) is 45.3 Å².